The van der Waals surface area contributed by atoms with Gasteiger partial charge in [-0.05, 0) is 68.0 Å². The fourth-order valence-corrected chi connectivity index (χ4v) is 5.40. The highest BCUT2D eigenvalue weighted by Crippen LogP contribution is 2.46. The Kier molecular flexibility index (Phi) is 7.62. The van der Waals surface area contributed by atoms with Gasteiger partial charge < -0.3 is 19.9 Å². The van der Waals surface area contributed by atoms with Crippen LogP contribution in [-0.2, 0) is 15.1 Å². The predicted molar refractivity (Wildman–Crippen MR) is 135 cm³/mol. The molecule has 0 radical (unpaired) electrons. The number of benzene rings is 2. The van der Waals surface area contributed by atoms with Crippen LogP contribution >= 0.6 is 24.0 Å². The number of nitrogens with one attached hydrogen (secondary N) is 1. The lowest BCUT2D eigenvalue weighted by atomic mass is 9.86. The summed E-state index contributed by atoms with van der Waals surface area (Å²) >= 11 is 6.10. The molecule has 0 bridgehead atoms. The number of carbonyl (C=O) groups is 2. The van der Waals surface area contributed by atoms with Gasteiger partial charge in [0.2, 0.25) is 5.91 Å². The Bertz CT molecular complexity index is 1070. The van der Waals surface area contributed by atoms with Crippen LogP contribution in [0.3, 0.4) is 0 Å². The lowest BCUT2D eigenvalue weighted by Gasteiger charge is -2.43. The molecule has 1 aliphatic carbocycles. The number of nitrogens with zero attached hydrogens (tertiary/aromatic N) is 1. The van der Waals surface area contributed by atoms with Crippen LogP contribution in [0.15, 0.2) is 48.5 Å². The quantitative estimate of drug-likeness (QED) is 0.566. The molecule has 2 aromatic rings. The summed E-state index contributed by atoms with van der Waals surface area (Å²) in [5, 5.41) is 13.2. The molecule has 2 heterocycles. The highest BCUT2D eigenvalue weighted by molar-refractivity contribution is 6.30. The molecule has 1 amide bonds. The Hall–Kier alpha value is -2.32. The fraction of sp³-hybridized carbons (Fsp3) is 0.462. The average molecular weight is 521 g/mol. The van der Waals surface area contributed by atoms with Gasteiger partial charge in [0.15, 0.2) is 0 Å². The first-order valence-corrected chi connectivity index (χ1v) is 12.2. The molecule has 0 spiro atoms. The van der Waals surface area contributed by atoms with Gasteiger partial charge >= 0.3 is 5.97 Å². The van der Waals surface area contributed by atoms with Crippen molar-refractivity contribution in [1.82, 2.24) is 10.2 Å². The predicted octanol–water partition coefficient (Wildman–Crippen LogP) is 4.27. The molecule has 1 atom stereocenters. The maximum atomic E-state index is 13.9. The molecule has 0 unspecified atom stereocenters. The number of halogens is 2. The minimum atomic E-state index is -0.954. The maximum Gasteiger partial charge on any atom is 0.335 e. The van der Waals surface area contributed by atoms with Gasteiger partial charge in [0.25, 0.3) is 0 Å². The van der Waals surface area contributed by atoms with E-state index in [1.807, 2.05) is 36.4 Å². The standard InChI is InChI=1S/C26H29ClN2O5.ClH/c27-20-2-1-3-21(16-20)34-22-8-13-29(17-22)26(11-14-33-15-12-26)24(32)28-25(9-10-25)19-6-4-18(5-7-19)23(30)31;/h1-7,16,22H,8-15,17H2,(H,28,32)(H,30,31);1H/t22-;/m1./s1. The topological polar surface area (TPSA) is 88.1 Å². The van der Waals surface area contributed by atoms with E-state index in [0.717, 1.165) is 37.1 Å². The van der Waals surface area contributed by atoms with E-state index < -0.39 is 17.0 Å². The van der Waals surface area contributed by atoms with E-state index in [4.69, 9.17) is 21.1 Å². The molecular weight excluding hydrogens is 491 g/mol. The van der Waals surface area contributed by atoms with Crippen molar-refractivity contribution in [3.05, 3.63) is 64.7 Å². The summed E-state index contributed by atoms with van der Waals surface area (Å²) in [5.74, 6) is -0.184. The van der Waals surface area contributed by atoms with Crippen LogP contribution in [0.25, 0.3) is 0 Å². The monoisotopic (exact) mass is 520 g/mol. The zero-order chi connectivity index (χ0) is 23.8. The minimum Gasteiger partial charge on any atom is -0.489 e. The second-order valence-corrected chi connectivity index (χ2v) is 9.93. The highest BCUT2D eigenvalue weighted by atomic mass is 35.5. The number of carboxylic acid groups (broad SMARTS) is 1. The summed E-state index contributed by atoms with van der Waals surface area (Å²) in [6.45, 7) is 2.54. The molecule has 2 N–H and O–H groups in total. The molecule has 2 aliphatic heterocycles. The zero-order valence-corrected chi connectivity index (χ0v) is 20.9. The van der Waals surface area contributed by atoms with Crippen molar-refractivity contribution in [2.24, 2.45) is 0 Å². The van der Waals surface area contributed by atoms with E-state index in [-0.39, 0.29) is 30.0 Å². The number of carbonyl (C=O) groups excluding carboxylic acids is 1. The molecule has 188 valence electrons. The molecule has 3 aliphatic rings. The Labute approximate surface area is 216 Å². The fourth-order valence-electron chi connectivity index (χ4n) is 5.22. The van der Waals surface area contributed by atoms with Crippen molar-refractivity contribution in [2.75, 3.05) is 26.3 Å². The molecule has 7 nitrogen and oxygen atoms in total. The van der Waals surface area contributed by atoms with Gasteiger partial charge in [-0.25, -0.2) is 4.79 Å². The number of likely N-dealkylation sites (tertiary alicyclic amines) is 1. The second kappa shape index (κ2) is 10.3. The summed E-state index contributed by atoms with van der Waals surface area (Å²) in [7, 11) is 0. The number of hydrogen-bond donors (Lipinski definition) is 2. The molecule has 9 heteroatoms. The Morgan fingerprint density at radius 3 is 2.43 bits per heavy atom. The Balaban J connectivity index is 0.00000289. The molecular formula is C26H30Cl2N2O5. The van der Waals surface area contributed by atoms with Gasteiger partial charge in [0.1, 0.15) is 17.4 Å². The number of ether oxygens (including phenoxy) is 2. The van der Waals surface area contributed by atoms with Crippen LogP contribution < -0.4 is 10.1 Å². The van der Waals surface area contributed by atoms with E-state index in [9.17, 15) is 14.7 Å². The number of carboxylic acids is 1. The van der Waals surface area contributed by atoms with Crippen molar-refractivity contribution in [1.29, 1.82) is 0 Å². The SMILES string of the molecule is Cl.O=C(O)c1ccc(C2(NC(=O)C3(N4CC[C@@H](Oc5cccc(Cl)c5)C4)CCOCC3)CC2)cc1. The van der Waals surface area contributed by atoms with Crippen molar-refractivity contribution < 1.29 is 24.2 Å². The third-order valence-electron chi connectivity index (χ3n) is 7.38. The van der Waals surface area contributed by atoms with Crippen molar-refractivity contribution in [3.63, 3.8) is 0 Å². The van der Waals surface area contributed by atoms with Gasteiger partial charge in [-0.15, -0.1) is 12.4 Å². The van der Waals surface area contributed by atoms with Gasteiger partial charge in [-0.1, -0.05) is 29.8 Å². The smallest absolute Gasteiger partial charge is 0.335 e. The molecule has 2 saturated heterocycles. The third kappa shape index (κ3) is 5.28. The van der Waals surface area contributed by atoms with Gasteiger partial charge in [0.05, 0.1) is 11.1 Å². The largest absolute Gasteiger partial charge is 0.489 e. The summed E-state index contributed by atoms with van der Waals surface area (Å²) in [6, 6.07) is 14.2. The summed E-state index contributed by atoms with van der Waals surface area (Å²) < 4.78 is 11.8. The van der Waals surface area contributed by atoms with E-state index >= 15 is 0 Å². The first kappa shape index (κ1) is 25.8. The molecule has 0 aromatic heterocycles. The minimum absolute atomic E-state index is 0. The Morgan fingerprint density at radius 2 is 1.80 bits per heavy atom. The second-order valence-electron chi connectivity index (χ2n) is 9.49. The van der Waals surface area contributed by atoms with E-state index in [2.05, 4.69) is 10.2 Å². The van der Waals surface area contributed by atoms with Crippen LogP contribution in [0, 0.1) is 0 Å². The number of amides is 1. The van der Waals surface area contributed by atoms with Crippen molar-refractivity contribution in [3.8, 4) is 5.75 Å². The summed E-state index contributed by atoms with van der Waals surface area (Å²) in [4.78, 5) is 27.3. The maximum absolute atomic E-state index is 13.9. The number of aromatic carboxylic acids is 1. The zero-order valence-electron chi connectivity index (χ0n) is 19.4. The average Bonchev–Trinajstić information content (AvgIpc) is 3.47. The van der Waals surface area contributed by atoms with Crippen LogP contribution in [0.2, 0.25) is 5.02 Å². The molecule has 35 heavy (non-hydrogen) atoms. The van der Waals surface area contributed by atoms with Crippen molar-refractivity contribution in [2.45, 2.75) is 49.3 Å². The molecule has 2 aromatic carbocycles. The van der Waals surface area contributed by atoms with Gasteiger partial charge in [-0.2, -0.15) is 0 Å². The molecule has 1 saturated carbocycles. The first-order valence-electron chi connectivity index (χ1n) is 11.8. The molecule has 5 rings (SSSR count). The Morgan fingerprint density at radius 1 is 1.09 bits per heavy atom. The van der Waals surface area contributed by atoms with Gasteiger partial charge in [0, 0.05) is 31.3 Å². The van der Waals surface area contributed by atoms with E-state index in [0.29, 0.717) is 37.6 Å². The number of rotatable bonds is 7. The van der Waals surface area contributed by atoms with Crippen molar-refractivity contribution >= 4 is 35.9 Å². The van der Waals surface area contributed by atoms with E-state index in [1.54, 1.807) is 12.1 Å². The van der Waals surface area contributed by atoms with Gasteiger partial charge in [-0.3, -0.25) is 9.69 Å². The lowest BCUT2D eigenvalue weighted by molar-refractivity contribution is -0.141. The normalized spacial score (nSPS) is 22.6. The number of hydrogen-bond acceptors (Lipinski definition) is 5. The lowest BCUT2D eigenvalue weighted by Crippen LogP contribution is -2.62. The van der Waals surface area contributed by atoms with Crippen LogP contribution in [0.5, 0.6) is 5.75 Å². The van der Waals surface area contributed by atoms with Crippen LogP contribution in [0.4, 0.5) is 0 Å². The first-order chi connectivity index (χ1) is 16.4. The van der Waals surface area contributed by atoms with E-state index in [1.165, 1.54) is 0 Å². The summed E-state index contributed by atoms with van der Waals surface area (Å²) in [5.41, 5.74) is 0.142. The molecule has 3 fully saturated rings. The third-order valence-corrected chi connectivity index (χ3v) is 7.61. The highest BCUT2D eigenvalue weighted by Gasteiger charge is 2.53. The summed E-state index contributed by atoms with van der Waals surface area (Å²) in [6.07, 6.45) is 3.79. The van der Waals surface area contributed by atoms with Crippen LogP contribution in [0.1, 0.15) is 48.0 Å². The van der Waals surface area contributed by atoms with Crippen LogP contribution in [-0.4, -0.2) is 59.8 Å².